The second-order valence-electron chi connectivity index (χ2n) is 7.77. The molecule has 2 aromatic rings. The molecule has 5 nitrogen and oxygen atoms in total. The Labute approximate surface area is 182 Å². The number of piperidine rings is 1. The third kappa shape index (κ3) is 5.72. The maximum atomic E-state index is 12.4. The Balaban J connectivity index is 0.00000240. The van der Waals surface area contributed by atoms with Crippen molar-refractivity contribution in [1.29, 1.82) is 0 Å². The van der Waals surface area contributed by atoms with Gasteiger partial charge in [-0.05, 0) is 80.1 Å². The minimum atomic E-state index is -0.200. The van der Waals surface area contributed by atoms with Crippen LogP contribution < -0.4 is 16.0 Å². The van der Waals surface area contributed by atoms with Crippen LogP contribution in [-0.2, 0) is 4.79 Å². The first-order valence-electron chi connectivity index (χ1n) is 9.78. The summed E-state index contributed by atoms with van der Waals surface area (Å²) in [5, 5.41) is 10.0. The zero-order valence-electron chi connectivity index (χ0n) is 16.0. The summed E-state index contributed by atoms with van der Waals surface area (Å²) in [6.45, 7) is 0. The van der Waals surface area contributed by atoms with Crippen molar-refractivity contribution in [2.45, 2.75) is 44.2 Å². The van der Waals surface area contributed by atoms with Crippen LogP contribution in [0.5, 0.6) is 0 Å². The summed E-state index contributed by atoms with van der Waals surface area (Å²) in [4.78, 5) is 24.6. The van der Waals surface area contributed by atoms with E-state index in [1.54, 1.807) is 36.4 Å². The predicted octanol–water partition coefficient (Wildman–Crippen LogP) is 4.87. The minimum absolute atomic E-state index is 0. The van der Waals surface area contributed by atoms with Gasteiger partial charge in [0.15, 0.2) is 0 Å². The lowest BCUT2D eigenvalue weighted by atomic mass is 9.89. The Bertz CT molecular complexity index is 843. The summed E-state index contributed by atoms with van der Waals surface area (Å²) in [5.41, 5.74) is 1.96. The highest BCUT2D eigenvalue weighted by atomic mass is 35.5. The average Bonchev–Trinajstić information content (AvgIpc) is 3.02. The number of carbonyl (C=O) groups excluding carboxylic acids is 2. The fourth-order valence-corrected chi connectivity index (χ4v) is 4.38. The lowest BCUT2D eigenvalue weighted by Gasteiger charge is -2.28. The number of rotatable bonds is 5. The highest BCUT2D eigenvalue weighted by molar-refractivity contribution is 6.30. The average molecular weight is 434 g/mol. The monoisotopic (exact) mass is 433 g/mol. The predicted molar refractivity (Wildman–Crippen MR) is 119 cm³/mol. The second kappa shape index (κ2) is 9.61. The number of hydrogen-bond acceptors (Lipinski definition) is 3. The van der Waals surface area contributed by atoms with E-state index in [-0.39, 0.29) is 24.2 Å². The van der Waals surface area contributed by atoms with Gasteiger partial charge in [0, 0.05) is 40.5 Å². The Kier molecular flexibility index (Phi) is 7.17. The second-order valence-corrected chi connectivity index (χ2v) is 8.20. The number of fused-ring (bicyclic) bond motifs is 2. The Hall–Kier alpha value is -2.08. The molecule has 2 amide bonds. The molecule has 2 aliphatic rings. The largest absolute Gasteiger partial charge is 0.326 e. The van der Waals surface area contributed by atoms with Crippen molar-refractivity contribution >= 4 is 47.2 Å². The van der Waals surface area contributed by atoms with E-state index in [2.05, 4.69) is 16.0 Å². The third-order valence-electron chi connectivity index (χ3n) is 5.58. The summed E-state index contributed by atoms with van der Waals surface area (Å²) < 4.78 is 0. The summed E-state index contributed by atoms with van der Waals surface area (Å²) >= 11 is 5.84. The fraction of sp³-hybridized carbons (Fsp3) is 0.364. The van der Waals surface area contributed by atoms with Gasteiger partial charge in [-0.2, -0.15) is 0 Å². The van der Waals surface area contributed by atoms with Crippen molar-refractivity contribution in [3.63, 3.8) is 0 Å². The van der Waals surface area contributed by atoms with Gasteiger partial charge in [0.05, 0.1) is 0 Å². The maximum Gasteiger partial charge on any atom is 0.255 e. The molecule has 0 saturated carbocycles. The minimum Gasteiger partial charge on any atom is -0.326 e. The van der Waals surface area contributed by atoms with Crippen molar-refractivity contribution in [2.75, 3.05) is 10.6 Å². The first kappa shape index (κ1) is 21.6. The summed E-state index contributed by atoms with van der Waals surface area (Å²) in [5.74, 6) is 0.329. The highest BCUT2D eigenvalue weighted by Crippen LogP contribution is 2.32. The Morgan fingerprint density at radius 2 is 1.45 bits per heavy atom. The van der Waals surface area contributed by atoms with Crippen LogP contribution in [0.4, 0.5) is 11.4 Å². The standard InChI is InChI=1S/C22H24ClN3O2.ClH/c23-16-3-1-15(2-4-16)22(28)26-18-7-5-17(6-8-18)25-21(27)13-14-11-19-9-10-20(12-14)24-19;/h1-8,14,19-20,24H,9-13H2,(H,25,27)(H,26,28);1H. The molecule has 0 aromatic heterocycles. The molecule has 0 aliphatic carbocycles. The first-order valence-corrected chi connectivity index (χ1v) is 10.2. The number of benzene rings is 2. The molecule has 0 radical (unpaired) electrons. The van der Waals surface area contributed by atoms with Crippen LogP contribution in [0.25, 0.3) is 0 Å². The molecule has 2 atom stereocenters. The summed E-state index contributed by atoms with van der Waals surface area (Å²) in [6, 6.07) is 15.1. The van der Waals surface area contributed by atoms with Crippen LogP contribution in [-0.4, -0.2) is 23.9 Å². The molecule has 2 saturated heterocycles. The lowest BCUT2D eigenvalue weighted by Crippen LogP contribution is -2.39. The normalized spacial score (nSPS) is 22.4. The van der Waals surface area contributed by atoms with Crippen LogP contribution in [0.2, 0.25) is 5.02 Å². The smallest absolute Gasteiger partial charge is 0.255 e. The van der Waals surface area contributed by atoms with Crippen molar-refractivity contribution in [3.05, 3.63) is 59.1 Å². The van der Waals surface area contributed by atoms with Gasteiger partial charge in [-0.3, -0.25) is 9.59 Å². The molecule has 2 unspecified atom stereocenters. The molecule has 29 heavy (non-hydrogen) atoms. The van der Waals surface area contributed by atoms with Crippen LogP contribution >= 0.6 is 24.0 Å². The van der Waals surface area contributed by atoms with E-state index in [0.717, 1.165) is 18.5 Å². The highest BCUT2D eigenvalue weighted by Gasteiger charge is 2.34. The molecule has 154 valence electrons. The number of anilines is 2. The molecule has 2 fully saturated rings. The van der Waals surface area contributed by atoms with E-state index in [0.29, 0.717) is 40.7 Å². The van der Waals surface area contributed by atoms with E-state index in [1.165, 1.54) is 12.8 Å². The van der Waals surface area contributed by atoms with Crippen molar-refractivity contribution < 1.29 is 9.59 Å². The van der Waals surface area contributed by atoms with E-state index in [9.17, 15) is 9.59 Å². The fourth-order valence-electron chi connectivity index (χ4n) is 4.26. The van der Waals surface area contributed by atoms with E-state index < -0.39 is 0 Å². The maximum absolute atomic E-state index is 12.4. The molecule has 2 heterocycles. The topological polar surface area (TPSA) is 70.2 Å². The number of amides is 2. The van der Waals surface area contributed by atoms with Gasteiger partial charge in [0.25, 0.3) is 5.91 Å². The number of hydrogen-bond donors (Lipinski definition) is 3. The van der Waals surface area contributed by atoms with Crippen molar-refractivity contribution in [2.24, 2.45) is 5.92 Å². The van der Waals surface area contributed by atoms with Gasteiger partial charge >= 0.3 is 0 Å². The van der Waals surface area contributed by atoms with E-state index in [1.807, 2.05) is 12.1 Å². The zero-order chi connectivity index (χ0) is 19.5. The third-order valence-corrected chi connectivity index (χ3v) is 5.83. The number of nitrogens with one attached hydrogen (secondary N) is 3. The van der Waals surface area contributed by atoms with E-state index >= 15 is 0 Å². The molecule has 3 N–H and O–H groups in total. The number of carbonyl (C=O) groups is 2. The molecule has 2 bridgehead atoms. The lowest BCUT2D eigenvalue weighted by molar-refractivity contribution is -0.117. The number of halogens is 2. The molecule has 2 aliphatic heterocycles. The first-order chi connectivity index (χ1) is 13.5. The Morgan fingerprint density at radius 1 is 0.897 bits per heavy atom. The summed E-state index contributed by atoms with van der Waals surface area (Å²) in [6.07, 6.45) is 5.25. The van der Waals surface area contributed by atoms with E-state index in [4.69, 9.17) is 11.6 Å². The summed E-state index contributed by atoms with van der Waals surface area (Å²) in [7, 11) is 0. The van der Waals surface area contributed by atoms with Crippen LogP contribution in [0.1, 0.15) is 42.5 Å². The quantitative estimate of drug-likeness (QED) is 0.629. The van der Waals surface area contributed by atoms with Gasteiger partial charge in [-0.25, -0.2) is 0 Å². The van der Waals surface area contributed by atoms with Gasteiger partial charge in [-0.1, -0.05) is 11.6 Å². The molecule has 7 heteroatoms. The van der Waals surface area contributed by atoms with Crippen molar-refractivity contribution in [1.82, 2.24) is 5.32 Å². The van der Waals surface area contributed by atoms with Crippen LogP contribution in [0, 0.1) is 5.92 Å². The molecule has 2 aromatic carbocycles. The SMILES string of the molecule is Cl.O=C(CC1CC2CCC(C1)N2)Nc1ccc(NC(=O)c2ccc(Cl)cc2)cc1. The van der Waals surface area contributed by atoms with Crippen LogP contribution in [0.3, 0.4) is 0 Å². The van der Waals surface area contributed by atoms with Gasteiger partial charge < -0.3 is 16.0 Å². The van der Waals surface area contributed by atoms with Crippen molar-refractivity contribution in [3.8, 4) is 0 Å². The van der Waals surface area contributed by atoms with Crippen LogP contribution in [0.15, 0.2) is 48.5 Å². The molecule has 0 spiro atoms. The van der Waals surface area contributed by atoms with Gasteiger partial charge in [0.1, 0.15) is 0 Å². The molecule has 4 rings (SSSR count). The zero-order valence-corrected chi connectivity index (χ0v) is 17.6. The van der Waals surface area contributed by atoms with Gasteiger partial charge in [0.2, 0.25) is 5.91 Å². The van der Waals surface area contributed by atoms with Gasteiger partial charge in [-0.15, -0.1) is 12.4 Å². The Morgan fingerprint density at radius 3 is 2.03 bits per heavy atom. The molecular weight excluding hydrogens is 409 g/mol. The molecular formula is C22H25Cl2N3O2.